The number of halogens is 1. The molecule has 0 atom stereocenters. The molecule has 1 fully saturated rings. The molecule has 0 aliphatic carbocycles. The highest BCUT2D eigenvalue weighted by atomic mass is 79.9. The zero-order valence-electron chi connectivity index (χ0n) is 20.1. The first kappa shape index (κ1) is 23.8. The first-order chi connectivity index (χ1) is 17.2. The number of barbiturate groups is 1. The number of urea groups is 1. The SMILES string of the molecule is Cc1cc(C)cc(N2C(=O)NC(=O)C(=Cc3c(C)n(Cc4ccc(Br)cc4)c4ccccc34)C2=O)c1. The number of hydrogen-bond donors (Lipinski definition) is 1. The van der Waals surface area contributed by atoms with E-state index in [1.807, 2.05) is 63.2 Å². The number of fused-ring (bicyclic) bond motifs is 1. The average Bonchev–Trinajstić information content (AvgIpc) is 3.08. The minimum atomic E-state index is -0.749. The Balaban J connectivity index is 1.61. The molecule has 2 heterocycles. The topological polar surface area (TPSA) is 71.4 Å². The molecule has 0 spiro atoms. The van der Waals surface area contributed by atoms with Crippen molar-refractivity contribution < 1.29 is 14.4 Å². The Bertz CT molecular complexity index is 1560. The highest BCUT2D eigenvalue weighted by Gasteiger charge is 2.37. The smallest absolute Gasteiger partial charge is 0.335 e. The number of hydrogen-bond acceptors (Lipinski definition) is 3. The van der Waals surface area contributed by atoms with Crippen molar-refractivity contribution in [1.82, 2.24) is 9.88 Å². The molecular formula is C29H24BrN3O3. The Morgan fingerprint density at radius 3 is 2.25 bits per heavy atom. The number of rotatable bonds is 4. The summed E-state index contributed by atoms with van der Waals surface area (Å²) >= 11 is 3.48. The van der Waals surface area contributed by atoms with Gasteiger partial charge in [0.25, 0.3) is 11.8 Å². The zero-order valence-corrected chi connectivity index (χ0v) is 21.7. The number of amides is 4. The van der Waals surface area contributed by atoms with Gasteiger partial charge in [0.05, 0.1) is 5.69 Å². The van der Waals surface area contributed by atoms with E-state index >= 15 is 0 Å². The van der Waals surface area contributed by atoms with Crippen LogP contribution in [0, 0.1) is 20.8 Å². The third-order valence-electron chi connectivity index (χ3n) is 6.39. The Hall–Kier alpha value is -3.97. The predicted octanol–water partition coefficient (Wildman–Crippen LogP) is 6.04. The summed E-state index contributed by atoms with van der Waals surface area (Å²) in [6, 6.07) is 20.7. The molecule has 36 heavy (non-hydrogen) atoms. The van der Waals surface area contributed by atoms with Gasteiger partial charge < -0.3 is 4.57 Å². The number of para-hydroxylation sites is 1. The number of nitrogens with zero attached hydrogens (tertiary/aromatic N) is 2. The fourth-order valence-corrected chi connectivity index (χ4v) is 5.00. The second-order valence-corrected chi connectivity index (χ2v) is 9.95. The van der Waals surface area contributed by atoms with Gasteiger partial charge in [-0.2, -0.15) is 0 Å². The van der Waals surface area contributed by atoms with Crippen LogP contribution in [0.15, 0.2) is 76.8 Å². The lowest BCUT2D eigenvalue weighted by Crippen LogP contribution is -2.54. The number of nitrogens with one attached hydrogen (secondary N) is 1. The molecule has 7 heteroatoms. The summed E-state index contributed by atoms with van der Waals surface area (Å²) in [7, 11) is 0. The van der Waals surface area contributed by atoms with Crippen molar-refractivity contribution in [1.29, 1.82) is 0 Å². The molecule has 0 saturated carbocycles. The normalized spacial score (nSPS) is 15.2. The highest BCUT2D eigenvalue weighted by molar-refractivity contribution is 9.10. The van der Waals surface area contributed by atoms with Gasteiger partial charge in [-0.05, 0) is 73.9 Å². The number of benzene rings is 3. The van der Waals surface area contributed by atoms with E-state index in [-0.39, 0.29) is 5.57 Å². The maximum absolute atomic E-state index is 13.5. The predicted molar refractivity (Wildman–Crippen MR) is 145 cm³/mol. The Morgan fingerprint density at radius 2 is 1.56 bits per heavy atom. The molecule has 0 bridgehead atoms. The largest absolute Gasteiger partial charge is 0.340 e. The van der Waals surface area contributed by atoms with Crippen LogP contribution < -0.4 is 10.2 Å². The van der Waals surface area contributed by atoms with Crippen LogP contribution in [-0.4, -0.2) is 22.4 Å². The Kier molecular flexibility index (Phi) is 6.10. The summed E-state index contributed by atoms with van der Waals surface area (Å²) in [5.74, 6) is -1.34. The maximum atomic E-state index is 13.5. The van der Waals surface area contributed by atoms with Crippen LogP contribution in [-0.2, 0) is 16.1 Å². The second-order valence-electron chi connectivity index (χ2n) is 9.03. The van der Waals surface area contributed by atoms with E-state index in [0.717, 1.165) is 48.2 Å². The Morgan fingerprint density at radius 1 is 0.889 bits per heavy atom. The number of imide groups is 2. The molecule has 0 radical (unpaired) electrons. The van der Waals surface area contributed by atoms with E-state index in [9.17, 15) is 14.4 Å². The van der Waals surface area contributed by atoms with Crippen LogP contribution in [0.3, 0.4) is 0 Å². The molecule has 6 nitrogen and oxygen atoms in total. The van der Waals surface area contributed by atoms with E-state index in [1.165, 1.54) is 0 Å². The van der Waals surface area contributed by atoms with Crippen molar-refractivity contribution in [3.63, 3.8) is 0 Å². The fraction of sp³-hybridized carbons (Fsp3) is 0.138. The number of carbonyl (C=O) groups excluding carboxylic acids is 3. The quantitative estimate of drug-likeness (QED) is 0.252. The van der Waals surface area contributed by atoms with Crippen molar-refractivity contribution in [2.75, 3.05) is 4.90 Å². The summed E-state index contributed by atoms with van der Waals surface area (Å²) in [5.41, 5.74) is 6.00. The Labute approximate surface area is 217 Å². The maximum Gasteiger partial charge on any atom is 0.335 e. The summed E-state index contributed by atoms with van der Waals surface area (Å²) in [6.45, 7) is 6.40. The van der Waals surface area contributed by atoms with E-state index < -0.39 is 17.8 Å². The van der Waals surface area contributed by atoms with Gasteiger partial charge in [0, 0.05) is 33.2 Å². The third kappa shape index (κ3) is 4.27. The van der Waals surface area contributed by atoms with Gasteiger partial charge in [-0.25, -0.2) is 9.69 Å². The number of anilines is 1. The van der Waals surface area contributed by atoms with Gasteiger partial charge in [0.1, 0.15) is 5.57 Å². The van der Waals surface area contributed by atoms with Crippen LogP contribution in [0.1, 0.15) is 27.9 Å². The van der Waals surface area contributed by atoms with E-state index in [1.54, 1.807) is 18.2 Å². The molecule has 0 unspecified atom stereocenters. The molecule has 1 N–H and O–H groups in total. The average molecular weight is 542 g/mol. The molecule has 1 aromatic heterocycles. The molecule has 1 saturated heterocycles. The summed E-state index contributed by atoms with van der Waals surface area (Å²) in [5, 5.41) is 3.26. The molecular weight excluding hydrogens is 518 g/mol. The van der Waals surface area contributed by atoms with Gasteiger partial charge in [0.2, 0.25) is 0 Å². The lowest BCUT2D eigenvalue weighted by Gasteiger charge is -2.27. The molecule has 1 aliphatic heterocycles. The van der Waals surface area contributed by atoms with E-state index in [4.69, 9.17) is 0 Å². The van der Waals surface area contributed by atoms with E-state index in [2.05, 4.69) is 37.9 Å². The summed E-state index contributed by atoms with van der Waals surface area (Å²) < 4.78 is 3.18. The molecule has 1 aliphatic rings. The van der Waals surface area contributed by atoms with Crippen molar-refractivity contribution >= 4 is 56.4 Å². The molecule has 5 rings (SSSR count). The molecule has 3 aromatic carbocycles. The molecule has 4 aromatic rings. The highest BCUT2D eigenvalue weighted by Crippen LogP contribution is 2.31. The van der Waals surface area contributed by atoms with Gasteiger partial charge in [0.15, 0.2) is 0 Å². The van der Waals surface area contributed by atoms with Gasteiger partial charge >= 0.3 is 6.03 Å². The first-order valence-electron chi connectivity index (χ1n) is 11.5. The van der Waals surface area contributed by atoms with Gasteiger partial charge in [-0.1, -0.05) is 52.3 Å². The molecule has 180 valence electrons. The van der Waals surface area contributed by atoms with Crippen molar-refractivity contribution in [2.24, 2.45) is 0 Å². The summed E-state index contributed by atoms with van der Waals surface area (Å²) in [6.07, 6.45) is 1.61. The minimum absolute atomic E-state index is 0.0802. The first-order valence-corrected chi connectivity index (χ1v) is 12.3. The van der Waals surface area contributed by atoms with Crippen molar-refractivity contribution in [2.45, 2.75) is 27.3 Å². The fourth-order valence-electron chi connectivity index (χ4n) is 4.73. The standard InChI is InChI=1S/C29H24BrN3O3/c1-17-12-18(2)14-22(13-17)33-28(35)25(27(34)31-29(33)36)15-24-19(3)32(26-7-5-4-6-23(24)26)16-20-8-10-21(30)11-9-20/h4-15H,16H2,1-3H3,(H,31,34,36). The summed E-state index contributed by atoms with van der Waals surface area (Å²) in [4.78, 5) is 40.1. The lowest BCUT2D eigenvalue weighted by molar-refractivity contribution is -0.122. The van der Waals surface area contributed by atoms with Crippen LogP contribution in [0.2, 0.25) is 0 Å². The van der Waals surface area contributed by atoms with Gasteiger partial charge in [-0.15, -0.1) is 0 Å². The minimum Gasteiger partial charge on any atom is -0.340 e. The van der Waals surface area contributed by atoms with Crippen molar-refractivity contribution in [3.05, 3.63) is 105 Å². The van der Waals surface area contributed by atoms with Crippen LogP contribution >= 0.6 is 15.9 Å². The zero-order chi connectivity index (χ0) is 25.6. The van der Waals surface area contributed by atoms with Crippen LogP contribution in [0.5, 0.6) is 0 Å². The van der Waals surface area contributed by atoms with Crippen LogP contribution in [0.25, 0.3) is 17.0 Å². The third-order valence-corrected chi connectivity index (χ3v) is 6.92. The molecule has 4 amide bonds. The van der Waals surface area contributed by atoms with Crippen LogP contribution in [0.4, 0.5) is 10.5 Å². The number of aryl methyl sites for hydroxylation is 2. The second kappa shape index (κ2) is 9.24. The lowest BCUT2D eigenvalue weighted by atomic mass is 10.0. The van der Waals surface area contributed by atoms with E-state index in [0.29, 0.717) is 12.2 Å². The number of carbonyl (C=O) groups is 3. The number of aromatic nitrogens is 1. The monoisotopic (exact) mass is 541 g/mol. The van der Waals surface area contributed by atoms with Gasteiger partial charge in [-0.3, -0.25) is 14.9 Å². The van der Waals surface area contributed by atoms with Crippen molar-refractivity contribution in [3.8, 4) is 0 Å².